The summed E-state index contributed by atoms with van der Waals surface area (Å²) in [6, 6.07) is 24.4. The number of nitrogens with zero attached hydrogens (tertiary/aromatic N) is 1. The molecule has 3 aromatic rings. The van der Waals surface area contributed by atoms with Crippen molar-refractivity contribution >= 4 is 35.1 Å². The second-order valence-electron chi connectivity index (χ2n) is 10.9. The number of carbonyl (C=O) groups excluding carboxylic acids is 2. The molecule has 7 heteroatoms. The van der Waals surface area contributed by atoms with Crippen molar-refractivity contribution < 1.29 is 19.1 Å². The fourth-order valence-electron chi connectivity index (χ4n) is 5.91. The lowest BCUT2D eigenvalue weighted by atomic mass is 9.65. The molecule has 1 saturated heterocycles. The molecule has 4 atom stereocenters. The lowest BCUT2D eigenvalue weighted by Gasteiger charge is -2.52. The Labute approximate surface area is 245 Å². The van der Waals surface area contributed by atoms with Gasteiger partial charge in [-0.2, -0.15) is 0 Å². The molecule has 5 rings (SSSR count). The third kappa shape index (κ3) is 5.63. The first-order valence-electron chi connectivity index (χ1n) is 13.5. The van der Waals surface area contributed by atoms with E-state index < -0.39 is 11.4 Å². The molecule has 2 fully saturated rings. The minimum absolute atomic E-state index is 0.144. The highest BCUT2D eigenvalue weighted by Crippen LogP contribution is 2.55. The van der Waals surface area contributed by atoms with Gasteiger partial charge in [-0.3, -0.25) is 4.79 Å². The van der Waals surface area contributed by atoms with Crippen LogP contribution < -0.4 is 4.74 Å². The molecule has 1 heterocycles. The molecule has 1 saturated carbocycles. The number of hydrogen-bond acceptors (Lipinski definition) is 4. The number of methoxy groups -OCH3 is 1. The van der Waals surface area contributed by atoms with Gasteiger partial charge in [0.2, 0.25) is 5.91 Å². The molecule has 3 aromatic carbocycles. The second-order valence-corrected chi connectivity index (χ2v) is 11.8. The lowest BCUT2D eigenvalue weighted by molar-refractivity contribution is -0.156. The van der Waals surface area contributed by atoms with Gasteiger partial charge in [-0.05, 0) is 79.6 Å². The quantitative estimate of drug-likeness (QED) is 0.193. The van der Waals surface area contributed by atoms with Crippen molar-refractivity contribution in [3.05, 3.63) is 112 Å². The molecular weight excluding hydrogens is 545 g/mol. The van der Waals surface area contributed by atoms with Gasteiger partial charge >= 0.3 is 5.97 Å². The van der Waals surface area contributed by atoms with Gasteiger partial charge in [-0.1, -0.05) is 72.2 Å². The van der Waals surface area contributed by atoms with Crippen LogP contribution in [0.4, 0.5) is 0 Å². The van der Waals surface area contributed by atoms with Gasteiger partial charge < -0.3 is 14.4 Å². The van der Waals surface area contributed by atoms with Crippen LogP contribution in [0.5, 0.6) is 5.75 Å². The van der Waals surface area contributed by atoms with Crippen molar-refractivity contribution in [2.75, 3.05) is 13.7 Å². The van der Waals surface area contributed by atoms with Gasteiger partial charge in [0, 0.05) is 21.5 Å². The third-order valence-corrected chi connectivity index (χ3v) is 8.78. The number of para-hydroxylation sites is 1. The maximum absolute atomic E-state index is 14.7. The maximum atomic E-state index is 14.7. The number of piperidine rings is 1. The summed E-state index contributed by atoms with van der Waals surface area (Å²) in [5.74, 6) is 0.0794. The number of rotatable bonds is 9. The van der Waals surface area contributed by atoms with Crippen LogP contribution in [0.15, 0.2) is 91.0 Å². The average molecular weight is 579 g/mol. The number of likely N-dealkylation sites (tertiary alicyclic amines) is 1. The number of hydrogen-bond donors (Lipinski definition) is 0. The van der Waals surface area contributed by atoms with Crippen LogP contribution in [0.25, 0.3) is 0 Å². The zero-order chi connectivity index (χ0) is 28.4. The molecule has 2 aliphatic rings. The topological polar surface area (TPSA) is 55.8 Å². The van der Waals surface area contributed by atoms with Gasteiger partial charge in [0.15, 0.2) is 0 Å². The summed E-state index contributed by atoms with van der Waals surface area (Å²) < 4.78 is 11.3. The van der Waals surface area contributed by atoms with Crippen LogP contribution in [-0.2, 0) is 14.3 Å². The van der Waals surface area contributed by atoms with Crippen LogP contribution in [0.1, 0.15) is 49.3 Å². The molecule has 0 bridgehead atoms. The Kier molecular flexibility index (Phi) is 8.25. The van der Waals surface area contributed by atoms with Crippen molar-refractivity contribution in [1.29, 1.82) is 0 Å². The van der Waals surface area contributed by atoms with Crippen molar-refractivity contribution in [1.82, 2.24) is 4.90 Å². The number of esters is 1. The zero-order valence-electron chi connectivity index (χ0n) is 22.7. The van der Waals surface area contributed by atoms with Gasteiger partial charge in [0.25, 0.3) is 0 Å². The number of carbonyl (C=O) groups is 2. The largest absolute Gasteiger partial charge is 0.491 e. The van der Waals surface area contributed by atoms with E-state index in [4.69, 9.17) is 32.7 Å². The van der Waals surface area contributed by atoms with Crippen LogP contribution in [0.2, 0.25) is 10.0 Å². The SMILES string of the molecule is C=C(C(=O)OC)[C@@]1(C)CC(c2cccc(Cl)c2)C(c2ccc(Cl)cc2)N([C@H](COc2ccccc2)C2CC2)C1=O. The van der Waals surface area contributed by atoms with Gasteiger partial charge in [0.1, 0.15) is 12.4 Å². The number of benzene rings is 3. The molecule has 0 N–H and O–H groups in total. The summed E-state index contributed by atoms with van der Waals surface area (Å²) in [7, 11) is 1.31. The van der Waals surface area contributed by atoms with E-state index >= 15 is 0 Å². The fraction of sp³-hybridized carbons (Fsp3) is 0.333. The maximum Gasteiger partial charge on any atom is 0.334 e. The van der Waals surface area contributed by atoms with E-state index in [0.717, 1.165) is 29.7 Å². The minimum Gasteiger partial charge on any atom is -0.491 e. The van der Waals surface area contributed by atoms with E-state index in [1.807, 2.05) is 83.8 Å². The summed E-state index contributed by atoms with van der Waals surface area (Å²) in [5, 5.41) is 1.22. The van der Waals surface area contributed by atoms with Crippen LogP contribution in [0, 0.1) is 11.3 Å². The molecule has 1 aliphatic carbocycles. The summed E-state index contributed by atoms with van der Waals surface area (Å²) in [6.07, 6.45) is 2.35. The van der Waals surface area contributed by atoms with E-state index in [9.17, 15) is 9.59 Å². The van der Waals surface area contributed by atoms with E-state index in [1.165, 1.54) is 7.11 Å². The molecule has 2 unspecified atom stereocenters. The Balaban J connectivity index is 1.66. The smallest absolute Gasteiger partial charge is 0.334 e. The lowest BCUT2D eigenvalue weighted by Crippen LogP contribution is -2.58. The highest BCUT2D eigenvalue weighted by molar-refractivity contribution is 6.30. The Morgan fingerprint density at radius 2 is 1.70 bits per heavy atom. The normalized spacial score (nSPS) is 23.4. The highest BCUT2D eigenvalue weighted by atomic mass is 35.5. The summed E-state index contributed by atoms with van der Waals surface area (Å²) in [5.41, 5.74) is 0.888. The molecular formula is C33H33Cl2NO4. The van der Waals surface area contributed by atoms with Gasteiger partial charge in [-0.15, -0.1) is 0 Å². The fourth-order valence-corrected chi connectivity index (χ4v) is 6.24. The van der Waals surface area contributed by atoms with Crippen LogP contribution in [-0.4, -0.2) is 36.5 Å². The second kappa shape index (κ2) is 11.7. The summed E-state index contributed by atoms with van der Waals surface area (Å²) in [4.78, 5) is 29.5. The number of halogens is 2. The summed E-state index contributed by atoms with van der Waals surface area (Å²) in [6.45, 7) is 6.21. The highest BCUT2D eigenvalue weighted by Gasteiger charge is 2.56. The van der Waals surface area contributed by atoms with Crippen molar-refractivity contribution in [2.45, 2.75) is 44.2 Å². The molecule has 208 valence electrons. The Hall–Kier alpha value is -3.28. The molecule has 0 radical (unpaired) electrons. The first-order chi connectivity index (χ1) is 19.2. The van der Waals surface area contributed by atoms with Crippen LogP contribution in [0.3, 0.4) is 0 Å². The molecule has 0 spiro atoms. The molecule has 1 amide bonds. The molecule has 1 aliphatic heterocycles. The van der Waals surface area contributed by atoms with Gasteiger partial charge in [0.05, 0.1) is 24.6 Å². The van der Waals surface area contributed by atoms with E-state index in [1.54, 1.807) is 6.92 Å². The Bertz CT molecular complexity index is 1390. The average Bonchev–Trinajstić information content (AvgIpc) is 3.81. The predicted molar refractivity (Wildman–Crippen MR) is 158 cm³/mol. The van der Waals surface area contributed by atoms with E-state index in [0.29, 0.717) is 23.1 Å². The Morgan fingerprint density at radius 3 is 2.33 bits per heavy atom. The van der Waals surface area contributed by atoms with E-state index in [-0.39, 0.29) is 35.4 Å². The van der Waals surface area contributed by atoms with E-state index in [2.05, 4.69) is 6.58 Å². The van der Waals surface area contributed by atoms with Crippen molar-refractivity contribution in [3.63, 3.8) is 0 Å². The number of amides is 1. The predicted octanol–water partition coefficient (Wildman–Crippen LogP) is 7.64. The first-order valence-corrected chi connectivity index (χ1v) is 14.3. The van der Waals surface area contributed by atoms with Gasteiger partial charge in [-0.25, -0.2) is 4.79 Å². The van der Waals surface area contributed by atoms with Crippen molar-refractivity contribution in [3.8, 4) is 5.75 Å². The number of ether oxygens (including phenoxy) is 2. The minimum atomic E-state index is -1.19. The monoisotopic (exact) mass is 577 g/mol. The Morgan fingerprint density at radius 1 is 1.00 bits per heavy atom. The molecule has 0 aromatic heterocycles. The summed E-state index contributed by atoms with van der Waals surface area (Å²) >= 11 is 12.8. The zero-order valence-corrected chi connectivity index (χ0v) is 24.2. The molecule has 5 nitrogen and oxygen atoms in total. The van der Waals surface area contributed by atoms with Crippen molar-refractivity contribution in [2.24, 2.45) is 11.3 Å². The standard InChI is InChI=1S/C33H33Cl2NO4/c1-21(31(37)39-3)33(2)19-28(24-8-7-9-26(35)18-24)30(23-14-16-25(34)17-15-23)36(32(33)38)29(22-12-13-22)20-40-27-10-5-4-6-11-27/h4-11,14-18,22,28-30H,1,12-13,19-20H2,2-3H3/t28?,29-,30?,33-/m1/s1. The first kappa shape index (κ1) is 28.3. The third-order valence-electron chi connectivity index (χ3n) is 8.29. The van der Waals surface area contributed by atoms with Crippen LogP contribution >= 0.6 is 23.2 Å². The molecule has 40 heavy (non-hydrogen) atoms.